The minimum atomic E-state index is -0.366. The van der Waals surface area contributed by atoms with Gasteiger partial charge >= 0.3 is 0 Å². The van der Waals surface area contributed by atoms with Crippen molar-refractivity contribution in [1.82, 2.24) is 5.32 Å². The maximum Gasteiger partial charge on any atom is 0.265 e. The summed E-state index contributed by atoms with van der Waals surface area (Å²) in [6.07, 6.45) is 0. The molecule has 35 heavy (non-hydrogen) atoms. The fraction of sp³-hybridized carbons (Fsp3) is 0.222. The van der Waals surface area contributed by atoms with Crippen molar-refractivity contribution in [3.05, 3.63) is 83.9 Å². The molecule has 0 saturated heterocycles. The number of benzene rings is 3. The number of anilines is 1. The van der Waals surface area contributed by atoms with Crippen LogP contribution in [0.15, 0.2) is 72.8 Å². The molecule has 3 aromatic carbocycles. The van der Waals surface area contributed by atoms with Crippen LogP contribution in [0.2, 0.25) is 0 Å². The number of amides is 2. The number of para-hydroxylation sites is 2. The maximum atomic E-state index is 12.8. The van der Waals surface area contributed by atoms with Gasteiger partial charge in [0.25, 0.3) is 5.91 Å². The minimum absolute atomic E-state index is 0.182. The number of Topliss-reactive ketones (excluding diaryl/α,β-unsaturated/α-hetero) is 1. The molecular weight excluding hydrogens is 448 g/mol. The molecule has 1 atom stereocenters. The number of rotatable bonds is 9. The lowest BCUT2D eigenvalue weighted by Gasteiger charge is -2.29. The molecule has 1 N–H and O–H groups in total. The normalized spacial score (nSPS) is 13.3. The second kappa shape index (κ2) is 10.7. The van der Waals surface area contributed by atoms with E-state index < -0.39 is 0 Å². The fourth-order valence-electron chi connectivity index (χ4n) is 3.77. The Bertz CT molecular complexity index is 1230. The average molecular weight is 475 g/mol. The van der Waals surface area contributed by atoms with E-state index >= 15 is 0 Å². The van der Waals surface area contributed by atoms with Crippen molar-refractivity contribution in [2.24, 2.45) is 0 Å². The molecule has 180 valence electrons. The summed E-state index contributed by atoms with van der Waals surface area (Å²) in [5.41, 5.74) is 1.66. The first-order valence-corrected chi connectivity index (χ1v) is 11.2. The monoisotopic (exact) mass is 474 g/mol. The van der Waals surface area contributed by atoms with Crippen molar-refractivity contribution in [3.8, 4) is 17.2 Å². The van der Waals surface area contributed by atoms with Crippen LogP contribution in [0.5, 0.6) is 17.2 Å². The lowest BCUT2D eigenvalue weighted by Crippen LogP contribution is -2.45. The largest absolute Gasteiger partial charge is 0.493 e. The molecule has 0 aromatic heterocycles. The Morgan fingerprint density at radius 1 is 1.03 bits per heavy atom. The molecule has 0 saturated carbocycles. The van der Waals surface area contributed by atoms with E-state index in [1.54, 1.807) is 42.5 Å². The SMILES string of the molecule is COc1ccccc1OCC(=O)c1ccc2c(c1)N(CC(=O)NC(C)c1ccccc1)C(=O)CO2. The topological polar surface area (TPSA) is 94.2 Å². The Morgan fingerprint density at radius 2 is 1.74 bits per heavy atom. The molecule has 8 nitrogen and oxygen atoms in total. The molecule has 0 aliphatic carbocycles. The summed E-state index contributed by atoms with van der Waals surface area (Å²) in [6.45, 7) is 1.28. The van der Waals surface area contributed by atoms with Gasteiger partial charge in [0.1, 0.15) is 12.3 Å². The van der Waals surface area contributed by atoms with E-state index in [-0.39, 0.29) is 43.4 Å². The first-order chi connectivity index (χ1) is 17.0. The van der Waals surface area contributed by atoms with Gasteiger partial charge in [0.05, 0.1) is 18.8 Å². The van der Waals surface area contributed by atoms with Crippen LogP contribution < -0.4 is 24.4 Å². The Kier molecular flexibility index (Phi) is 7.30. The van der Waals surface area contributed by atoms with Gasteiger partial charge in [-0.3, -0.25) is 19.3 Å². The summed E-state index contributed by atoms with van der Waals surface area (Å²) in [7, 11) is 1.52. The zero-order chi connectivity index (χ0) is 24.8. The number of fused-ring (bicyclic) bond motifs is 1. The highest BCUT2D eigenvalue weighted by Gasteiger charge is 2.29. The van der Waals surface area contributed by atoms with Crippen LogP contribution in [-0.2, 0) is 9.59 Å². The molecule has 3 aromatic rings. The number of nitrogens with one attached hydrogen (secondary N) is 1. The lowest BCUT2D eigenvalue weighted by molar-refractivity contribution is -0.125. The number of ether oxygens (including phenoxy) is 3. The van der Waals surface area contributed by atoms with Gasteiger partial charge in [-0.2, -0.15) is 0 Å². The number of methoxy groups -OCH3 is 1. The van der Waals surface area contributed by atoms with Crippen LogP contribution >= 0.6 is 0 Å². The highest BCUT2D eigenvalue weighted by molar-refractivity contribution is 6.04. The molecule has 2 amide bonds. The summed E-state index contributed by atoms with van der Waals surface area (Å²) in [6, 6.07) is 21.1. The molecule has 4 rings (SSSR count). The van der Waals surface area contributed by atoms with Gasteiger partial charge in [-0.05, 0) is 42.8 Å². The van der Waals surface area contributed by atoms with Crippen LogP contribution in [0.4, 0.5) is 5.69 Å². The van der Waals surface area contributed by atoms with Crippen LogP contribution in [0.3, 0.4) is 0 Å². The summed E-state index contributed by atoms with van der Waals surface area (Å²) in [5.74, 6) is 0.417. The van der Waals surface area contributed by atoms with Crippen molar-refractivity contribution >= 4 is 23.3 Å². The number of hydrogen-bond acceptors (Lipinski definition) is 6. The zero-order valence-electron chi connectivity index (χ0n) is 19.5. The van der Waals surface area contributed by atoms with Crippen molar-refractivity contribution in [2.45, 2.75) is 13.0 Å². The van der Waals surface area contributed by atoms with Gasteiger partial charge in [-0.1, -0.05) is 42.5 Å². The van der Waals surface area contributed by atoms with Crippen LogP contribution in [0, 0.1) is 0 Å². The van der Waals surface area contributed by atoms with E-state index in [9.17, 15) is 14.4 Å². The highest BCUT2D eigenvalue weighted by atomic mass is 16.5. The summed E-state index contributed by atoms with van der Waals surface area (Å²) in [4.78, 5) is 39.5. The Balaban J connectivity index is 1.47. The van der Waals surface area contributed by atoms with Crippen LogP contribution in [0.1, 0.15) is 28.9 Å². The quantitative estimate of drug-likeness (QED) is 0.477. The second-order valence-electron chi connectivity index (χ2n) is 8.01. The third kappa shape index (κ3) is 5.60. The third-order valence-corrected chi connectivity index (χ3v) is 5.63. The van der Waals surface area contributed by atoms with Gasteiger partial charge in [-0.15, -0.1) is 0 Å². The van der Waals surface area contributed by atoms with Crippen LogP contribution in [-0.4, -0.2) is 44.5 Å². The summed E-state index contributed by atoms with van der Waals surface area (Å²) in [5, 5.41) is 2.91. The van der Waals surface area contributed by atoms with E-state index in [1.807, 2.05) is 37.3 Å². The highest BCUT2D eigenvalue weighted by Crippen LogP contribution is 2.33. The van der Waals surface area contributed by atoms with Gasteiger partial charge in [0, 0.05) is 5.56 Å². The summed E-state index contributed by atoms with van der Waals surface area (Å²) >= 11 is 0. The van der Waals surface area contributed by atoms with Gasteiger partial charge in [-0.25, -0.2) is 0 Å². The molecule has 1 aliphatic heterocycles. The first kappa shape index (κ1) is 23.8. The Hall–Kier alpha value is -4.33. The summed E-state index contributed by atoms with van der Waals surface area (Å²) < 4.78 is 16.4. The lowest BCUT2D eigenvalue weighted by atomic mass is 10.1. The predicted molar refractivity (Wildman–Crippen MR) is 130 cm³/mol. The minimum Gasteiger partial charge on any atom is -0.493 e. The van der Waals surface area contributed by atoms with E-state index in [4.69, 9.17) is 14.2 Å². The van der Waals surface area contributed by atoms with Crippen molar-refractivity contribution in [1.29, 1.82) is 0 Å². The Morgan fingerprint density at radius 3 is 2.49 bits per heavy atom. The number of ketones is 1. The fourth-order valence-corrected chi connectivity index (χ4v) is 3.77. The van der Waals surface area contributed by atoms with Crippen LogP contribution in [0.25, 0.3) is 0 Å². The van der Waals surface area contributed by atoms with E-state index in [2.05, 4.69) is 5.32 Å². The molecule has 1 aliphatic rings. The van der Waals surface area contributed by atoms with Gasteiger partial charge in [0.15, 0.2) is 30.5 Å². The van der Waals surface area contributed by atoms with E-state index in [0.29, 0.717) is 28.5 Å². The van der Waals surface area contributed by atoms with Gasteiger partial charge in [0.2, 0.25) is 5.91 Å². The molecule has 0 fully saturated rings. The van der Waals surface area contributed by atoms with Crippen molar-refractivity contribution in [3.63, 3.8) is 0 Å². The standard InChI is InChI=1S/C27H26N2O6/c1-18(19-8-4-3-5-9-19)28-26(31)15-29-21-14-20(12-13-23(21)35-17-27(29)32)22(30)16-34-25-11-7-6-10-24(25)33-2/h3-14,18H,15-17H2,1-2H3,(H,28,31). The molecule has 0 radical (unpaired) electrons. The third-order valence-electron chi connectivity index (χ3n) is 5.63. The molecular formula is C27H26N2O6. The molecule has 0 bridgehead atoms. The zero-order valence-corrected chi connectivity index (χ0v) is 19.5. The van der Waals surface area contributed by atoms with Gasteiger partial charge < -0.3 is 19.5 Å². The number of carbonyl (C=O) groups is 3. The number of hydrogen-bond donors (Lipinski definition) is 1. The average Bonchev–Trinajstić information content (AvgIpc) is 2.89. The van der Waals surface area contributed by atoms with E-state index in [0.717, 1.165) is 5.56 Å². The first-order valence-electron chi connectivity index (χ1n) is 11.2. The van der Waals surface area contributed by atoms with Crippen molar-refractivity contribution < 1.29 is 28.6 Å². The molecule has 1 heterocycles. The number of carbonyl (C=O) groups excluding carboxylic acids is 3. The molecule has 0 spiro atoms. The smallest absolute Gasteiger partial charge is 0.265 e. The molecule has 8 heteroatoms. The number of nitrogens with zero attached hydrogens (tertiary/aromatic N) is 1. The Labute approximate surface area is 203 Å². The predicted octanol–water partition coefficient (Wildman–Crippen LogP) is 3.56. The second-order valence-corrected chi connectivity index (χ2v) is 8.01. The maximum absolute atomic E-state index is 12.8. The van der Waals surface area contributed by atoms with E-state index in [1.165, 1.54) is 12.0 Å². The molecule has 1 unspecified atom stereocenters. The van der Waals surface area contributed by atoms with Crippen molar-refractivity contribution in [2.75, 3.05) is 31.8 Å².